The average Bonchev–Trinajstić information content (AvgIpc) is 2.47. The lowest BCUT2D eigenvalue weighted by Crippen LogP contribution is -2.86. The van der Waals surface area contributed by atoms with Crippen molar-refractivity contribution in [3.63, 3.8) is 0 Å². The monoisotopic (exact) mass is 381 g/mol. The van der Waals surface area contributed by atoms with E-state index in [-0.39, 0.29) is 11.9 Å². The van der Waals surface area contributed by atoms with Gasteiger partial charge < -0.3 is 10.6 Å². The molecule has 2 rings (SSSR count). The maximum Gasteiger partial charge on any atom is 0.279 e. The molecule has 0 saturated heterocycles. The van der Waals surface area contributed by atoms with E-state index in [0.29, 0.717) is 11.6 Å². The molecule has 5 heteroatoms. The van der Waals surface area contributed by atoms with E-state index < -0.39 is 0 Å². The molecule has 0 saturated carbocycles. The summed E-state index contributed by atoms with van der Waals surface area (Å²) in [5, 5.41) is 5.65. The first-order valence-corrected chi connectivity index (χ1v) is 8.27. The Labute approximate surface area is 144 Å². The molecular formula is C17H19BrClN2O+. The molecule has 0 spiro atoms. The second-order valence-electron chi connectivity index (χ2n) is 5.29. The van der Waals surface area contributed by atoms with Gasteiger partial charge in [0, 0.05) is 20.7 Å². The van der Waals surface area contributed by atoms with Crippen molar-refractivity contribution < 1.29 is 10.1 Å². The molecule has 0 heterocycles. The fraction of sp³-hybridized carbons (Fsp3) is 0.235. The molecule has 1 atom stereocenters. The number of nitrogens with two attached hydrogens (primary N) is 1. The van der Waals surface area contributed by atoms with E-state index >= 15 is 0 Å². The number of aryl methyl sites for hydroxylation is 1. The van der Waals surface area contributed by atoms with Gasteiger partial charge in [0.25, 0.3) is 5.91 Å². The lowest BCUT2D eigenvalue weighted by Gasteiger charge is -2.12. The highest BCUT2D eigenvalue weighted by Crippen LogP contribution is 2.19. The van der Waals surface area contributed by atoms with E-state index in [9.17, 15) is 4.79 Å². The number of quaternary nitrogens is 1. The van der Waals surface area contributed by atoms with Gasteiger partial charge in [0.2, 0.25) is 0 Å². The van der Waals surface area contributed by atoms with Crippen LogP contribution in [0.4, 0.5) is 5.69 Å². The molecule has 2 aromatic carbocycles. The average molecular weight is 383 g/mol. The van der Waals surface area contributed by atoms with Crippen LogP contribution in [0.3, 0.4) is 0 Å². The molecule has 0 aliphatic carbocycles. The van der Waals surface area contributed by atoms with Crippen molar-refractivity contribution in [2.75, 3.05) is 11.9 Å². The second-order valence-corrected chi connectivity index (χ2v) is 6.64. The van der Waals surface area contributed by atoms with E-state index in [1.165, 1.54) is 0 Å². The molecule has 3 N–H and O–H groups in total. The first kappa shape index (κ1) is 17.0. The minimum atomic E-state index is -0.0145. The number of benzene rings is 2. The number of anilines is 1. The smallest absolute Gasteiger partial charge is 0.279 e. The van der Waals surface area contributed by atoms with Crippen molar-refractivity contribution in [2.45, 2.75) is 19.9 Å². The third kappa shape index (κ3) is 4.83. The van der Waals surface area contributed by atoms with E-state index in [4.69, 9.17) is 11.6 Å². The Kier molecular flexibility index (Phi) is 6.00. The number of carbonyl (C=O) groups excluding carboxylic acids is 1. The van der Waals surface area contributed by atoms with Crippen LogP contribution in [-0.4, -0.2) is 12.5 Å². The van der Waals surface area contributed by atoms with Crippen LogP contribution in [0.5, 0.6) is 0 Å². The Morgan fingerprint density at radius 1 is 1.32 bits per heavy atom. The van der Waals surface area contributed by atoms with Crippen molar-refractivity contribution in [1.29, 1.82) is 0 Å². The first-order chi connectivity index (χ1) is 10.5. The molecule has 3 nitrogen and oxygen atoms in total. The molecule has 0 aliphatic heterocycles. The van der Waals surface area contributed by atoms with E-state index in [0.717, 1.165) is 21.3 Å². The van der Waals surface area contributed by atoms with Crippen LogP contribution in [0.15, 0.2) is 46.9 Å². The first-order valence-electron chi connectivity index (χ1n) is 7.10. The summed E-state index contributed by atoms with van der Waals surface area (Å²) < 4.78 is 1.00. The Hall–Kier alpha value is -1.36. The third-order valence-corrected chi connectivity index (χ3v) is 4.22. The number of hydrogen-bond acceptors (Lipinski definition) is 1. The largest absolute Gasteiger partial charge is 0.333 e. The lowest BCUT2D eigenvalue weighted by molar-refractivity contribution is -0.682. The summed E-state index contributed by atoms with van der Waals surface area (Å²) in [4.78, 5) is 12.1. The summed E-state index contributed by atoms with van der Waals surface area (Å²) in [6.07, 6.45) is 0. The minimum absolute atomic E-state index is 0.0145. The molecule has 0 bridgehead atoms. The van der Waals surface area contributed by atoms with Crippen molar-refractivity contribution in [1.82, 2.24) is 0 Å². The fourth-order valence-electron chi connectivity index (χ4n) is 2.18. The van der Waals surface area contributed by atoms with Crippen LogP contribution < -0.4 is 10.6 Å². The van der Waals surface area contributed by atoms with Gasteiger partial charge in [0.15, 0.2) is 6.54 Å². The number of halogens is 2. The van der Waals surface area contributed by atoms with Gasteiger partial charge in [-0.25, -0.2) is 0 Å². The normalized spacial score (nSPS) is 12.0. The number of carbonyl (C=O) groups is 1. The highest BCUT2D eigenvalue weighted by Gasteiger charge is 2.12. The Bertz CT molecular complexity index is 675. The predicted molar refractivity (Wildman–Crippen MR) is 94.2 cm³/mol. The molecule has 0 fully saturated rings. The Morgan fingerprint density at radius 3 is 2.77 bits per heavy atom. The lowest BCUT2D eigenvalue weighted by atomic mass is 10.1. The van der Waals surface area contributed by atoms with Gasteiger partial charge >= 0.3 is 0 Å². The number of hydrogen-bond donors (Lipinski definition) is 2. The summed E-state index contributed by atoms with van der Waals surface area (Å²) in [6.45, 7) is 4.39. The molecule has 22 heavy (non-hydrogen) atoms. The molecule has 0 radical (unpaired) electrons. The molecule has 0 aliphatic rings. The van der Waals surface area contributed by atoms with Gasteiger partial charge in [-0.1, -0.05) is 39.7 Å². The highest BCUT2D eigenvalue weighted by atomic mass is 79.9. The van der Waals surface area contributed by atoms with Crippen molar-refractivity contribution >= 4 is 39.1 Å². The zero-order valence-electron chi connectivity index (χ0n) is 12.6. The van der Waals surface area contributed by atoms with E-state index in [1.807, 2.05) is 54.7 Å². The number of nitrogens with one attached hydrogen (secondary N) is 1. The van der Waals surface area contributed by atoms with Gasteiger partial charge in [-0.3, -0.25) is 4.79 Å². The van der Waals surface area contributed by atoms with Crippen LogP contribution in [-0.2, 0) is 4.79 Å². The molecular weight excluding hydrogens is 364 g/mol. The third-order valence-electron chi connectivity index (χ3n) is 3.49. The second kappa shape index (κ2) is 7.77. The van der Waals surface area contributed by atoms with Crippen molar-refractivity contribution in [3.05, 3.63) is 63.1 Å². The maximum atomic E-state index is 12.1. The van der Waals surface area contributed by atoms with Gasteiger partial charge in [-0.15, -0.1) is 0 Å². The van der Waals surface area contributed by atoms with Gasteiger partial charge in [-0.05, 0) is 49.7 Å². The maximum absolute atomic E-state index is 12.1. The summed E-state index contributed by atoms with van der Waals surface area (Å²) >= 11 is 9.41. The van der Waals surface area contributed by atoms with Gasteiger partial charge in [0.1, 0.15) is 6.04 Å². The zero-order valence-corrected chi connectivity index (χ0v) is 14.9. The van der Waals surface area contributed by atoms with Gasteiger partial charge in [0.05, 0.1) is 0 Å². The van der Waals surface area contributed by atoms with Crippen molar-refractivity contribution in [3.8, 4) is 0 Å². The summed E-state index contributed by atoms with van der Waals surface area (Å²) in [7, 11) is 0. The predicted octanol–water partition coefficient (Wildman–Crippen LogP) is 3.67. The van der Waals surface area contributed by atoms with Crippen LogP contribution in [0.2, 0.25) is 5.02 Å². The standard InChI is InChI=1S/C17H18BrClN2O/c1-11-8-14(18)6-7-16(11)21-17(22)10-20-12(2)13-4-3-5-15(19)9-13/h3-9,12,20H,10H2,1-2H3,(H,21,22)/p+1/t12-/m1/s1. The fourth-order valence-corrected chi connectivity index (χ4v) is 2.85. The highest BCUT2D eigenvalue weighted by molar-refractivity contribution is 9.10. The van der Waals surface area contributed by atoms with Crippen LogP contribution in [0, 0.1) is 6.92 Å². The summed E-state index contributed by atoms with van der Waals surface area (Å²) in [6, 6.07) is 13.7. The molecule has 0 unspecified atom stereocenters. The van der Waals surface area contributed by atoms with Crippen LogP contribution in [0.25, 0.3) is 0 Å². The minimum Gasteiger partial charge on any atom is -0.333 e. The number of amides is 1. The van der Waals surface area contributed by atoms with Crippen LogP contribution in [0.1, 0.15) is 24.1 Å². The molecule has 0 aromatic heterocycles. The molecule has 1 amide bonds. The van der Waals surface area contributed by atoms with E-state index in [2.05, 4.69) is 28.2 Å². The molecule has 116 valence electrons. The quantitative estimate of drug-likeness (QED) is 0.814. The summed E-state index contributed by atoms with van der Waals surface area (Å²) in [5.41, 5.74) is 2.99. The summed E-state index contributed by atoms with van der Waals surface area (Å²) in [5.74, 6) is -0.0145. The topological polar surface area (TPSA) is 45.7 Å². The van der Waals surface area contributed by atoms with E-state index in [1.54, 1.807) is 0 Å². The number of rotatable bonds is 5. The van der Waals surface area contributed by atoms with Crippen molar-refractivity contribution in [2.24, 2.45) is 0 Å². The SMILES string of the molecule is Cc1cc(Br)ccc1NC(=O)C[NH2+][C@H](C)c1cccc(Cl)c1. The molecule has 2 aromatic rings. The Morgan fingerprint density at radius 2 is 2.09 bits per heavy atom. The Balaban J connectivity index is 1.90. The van der Waals surface area contributed by atoms with Gasteiger partial charge in [-0.2, -0.15) is 0 Å². The van der Waals surface area contributed by atoms with Crippen LogP contribution >= 0.6 is 27.5 Å². The zero-order chi connectivity index (χ0) is 16.1.